The molecule has 1 N–H and O–H groups in total. The first-order valence-corrected chi connectivity index (χ1v) is 7.39. The summed E-state index contributed by atoms with van der Waals surface area (Å²) in [6, 6.07) is 4.90. The lowest BCUT2D eigenvalue weighted by Crippen LogP contribution is -2.04. The van der Waals surface area contributed by atoms with Gasteiger partial charge in [0, 0.05) is 24.1 Å². The summed E-state index contributed by atoms with van der Waals surface area (Å²) < 4.78 is 5.18. The molecule has 1 aromatic carbocycles. The zero-order valence-electron chi connectivity index (χ0n) is 13.0. The summed E-state index contributed by atoms with van der Waals surface area (Å²) in [5.41, 5.74) is 1.07. The molecule has 0 saturated heterocycles. The number of benzene rings is 1. The summed E-state index contributed by atoms with van der Waals surface area (Å²) in [4.78, 5) is 15.1. The van der Waals surface area contributed by atoms with Crippen LogP contribution in [-0.4, -0.2) is 21.6 Å². The monoisotopic (exact) mass is 304 g/mol. The number of hydrogen-bond donors (Lipinski definition) is 1. The number of anilines is 1. The Hall–Kier alpha value is -2.44. The summed E-state index contributed by atoms with van der Waals surface area (Å²) in [6.45, 7) is 6.69. The standard InChI is InChI=1S/C15H20N4O3/c1-4-5-8-16-12-7-6-11(9-13(12)19(20)21)15-17-14(10(2)3)18-22-15/h6-7,9-10,16H,4-5,8H2,1-3H3. The summed E-state index contributed by atoms with van der Waals surface area (Å²) in [6.07, 6.45) is 1.99. The minimum atomic E-state index is -0.405. The highest BCUT2D eigenvalue weighted by Crippen LogP contribution is 2.30. The molecule has 1 aromatic heterocycles. The number of rotatable bonds is 7. The van der Waals surface area contributed by atoms with Crippen LogP contribution >= 0.6 is 0 Å². The minimum absolute atomic E-state index is 0.0119. The van der Waals surface area contributed by atoms with Crippen LogP contribution in [0.3, 0.4) is 0 Å². The van der Waals surface area contributed by atoms with Crippen LogP contribution in [0, 0.1) is 10.1 Å². The van der Waals surface area contributed by atoms with Crippen molar-refractivity contribution in [3.63, 3.8) is 0 Å². The van der Waals surface area contributed by atoms with Crippen molar-refractivity contribution < 1.29 is 9.45 Å². The van der Waals surface area contributed by atoms with Gasteiger partial charge in [0.1, 0.15) is 5.69 Å². The van der Waals surface area contributed by atoms with E-state index in [1.165, 1.54) is 6.07 Å². The smallest absolute Gasteiger partial charge is 0.293 e. The average molecular weight is 304 g/mol. The Morgan fingerprint density at radius 1 is 1.41 bits per heavy atom. The van der Waals surface area contributed by atoms with Gasteiger partial charge in [-0.3, -0.25) is 10.1 Å². The SMILES string of the molecule is CCCCNc1ccc(-c2nc(C(C)C)no2)cc1[N+](=O)[O-]. The molecule has 7 heteroatoms. The van der Waals surface area contributed by atoms with Crippen molar-refractivity contribution >= 4 is 11.4 Å². The second-order valence-electron chi connectivity index (χ2n) is 5.38. The Labute approximate surface area is 128 Å². The van der Waals surface area contributed by atoms with Gasteiger partial charge in [-0.1, -0.05) is 32.3 Å². The molecule has 7 nitrogen and oxygen atoms in total. The lowest BCUT2D eigenvalue weighted by atomic mass is 10.1. The van der Waals surface area contributed by atoms with E-state index in [0.717, 1.165) is 12.8 Å². The van der Waals surface area contributed by atoms with Gasteiger partial charge in [0.25, 0.3) is 11.6 Å². The topological polar surface area (TPSA) is 94.1 Å². The molecule has 0 aliphatic rings. The van der Waals surface area contributed by atoms with Gasteiger partial charge >= 0.3 is 0 Å². The van der Waals surface area contributed by atoms with E-state index in [1.54, 1.807) is 12.1 Å². The van der Waals surface area contributed by atoms with Gasteiger partial charge < -0.3 is 9.84 Å². The highest BCUT2D eigenvalue weighted by Gasteiger charge is 2.18. The van der Waals surface area contributed by atoms with Gasteiger partial charge in [-0.05, 0) is 18.6 Å². The van der Waals surface area contributed by atoms with Crippen molar-refractivity contribution in [1.82, 2.24) is 10.1 Å². The lowest BCUT2D eigenvalue weighted by Gasteiger charge is -2.07. The first kappa shape index (κ1) is 15.9. The van der Waals surface area contributed by atoms with Gasteiger partial charge in [0.05, 0.1) is 4.92 Å². The zero-order valence-corrected chi connectivity index (χ0v) is 13.0. The lowest BCUT2D eigenvalue weighted by molar-refractivity contribution is -0.383. The number of nitro groups is 1. The normalized spacial score (nSPS) is 10.9. The number of nitrogens with one attached hydrogen (secondary N) is 1. The van der Waals surface area contributed by atoms with Crippen LogP contribution < -0.4 is 5.32 Å². The molecule has 0 atom stereocenters. The summed E-state index contributed by atoms with van der Waals surface area (Å²) >= 11 is 0. The average Bonchev–Trinajstić information content (AvgIpc) is 2.97. The predicted octanol–water partition coefficient (Wildman–Crippen LogP) is 3.98. The van der Waals surface area contributed by atoms with E-state index >= 15 is 0 Å². The second kappa shape index (κ2) is 7.02. The van der Waals surface area contributed by atoms with Crippen LogP contribution in [0.4, 0.5) is 11.4 Å². The van der Waals surface area contributed by atoms with Gasteiger partial charge in [0.15, 0.2) is 5.82 Å². The van der Waals surface area contributed by atoms with Crippen molar-refractivity contribution in [3.8, 4) is 11.5 Å². The minimum Gasteiger partial charge on any atom is -0.379 e. The number of nitrogens with zero attached hydrogens (tertiary/aromatic N) is 3. The Balaban J connectivity index is 2.29. The molecular weight excluding hydrogens is 284 g/mol. The fourth-order valence-corrected chi connectivity index (χ4v) is 1.95. The summed E-state index contributed by atoms with van der Waals surface area (Å²) in [5.74, 6) is 1.03. The molecule has 0 radical (unpaired) electrons. The third-order valence-electron chi connectivity index (χ3n) is 3.25. The van der Waals surface area contributed by atoms with Crippen molar-refractivity contribution in [2.24, 2.45) is 0 Å². The molecule has 2 aromatic rings. The molecule has 0 aliphatic carbocycles. The first-order valence-electron chi connectivity index (χ1n) is 7.39. The molecule has 0 fully saturated rings. The van der Waals surface area contributed by atoms with Crippen LogP contribution in [0.15, 0.2) is 22.7 Å². The predicted molar refractivity (Wildman–Crippen MR) is 83.9 cm³/mol. The van der Waals surface area contributed by atoms with Gasteiger partial charge in [0.2, 0.25) is 0 Å². The molecule has 0 bridgehead atoms. The number of nitro benzene ring substituents is 1. The van der Waals surface area contributed by atoms with E-state index in [2.05, 4.69) is 22.4 Å². The molecule has 0 amide bonds. The highest BCUT2D eigenvalue weighted by molar-refractivity contribution is 5.69. The van der Waals surface area contributed by atoms with Crippen LogP contribution in [0.5, 0.6) is 0 Å². The first-order chi connectivity index (χ1) is 10.5. The summed E-state index contributed by atoms with van der Waals surface area (Å²) in [7, 11) is 0. The van der Waals surface area contributed by atoms with Crippen molar-refractivity contribution in [1.29, 1.82) is 0 Å². The van der Waals surface area contributed by atoms with Crippen LogP contribution in [0.2, 0.25) is 0 Å². The fraction of sp³-hybridized carbons (Fsp3) is 0.467. The molecule has 0 unspecified atom stereocenters. The third-order valence-corrected chi connectivity index (χ3v) is 3.25. The maximum absolute atomic E-state index is 11.3. The molecule has 2 rings (SSSR count). The largest absolute Gasteiger partial charge is 0.379 e. The summed E-state index contributed by atoms with van der Waals surface area (Å²) in [5, 5.41) is 18.2. The zero-order chi connectivity index (χ0) is 16.1. The molecule has 0 saturated carbocycles. The van der Waals surface area contributed by atoms with Crippen molar-refractivity contribution in [2.45, 2.75) is 39.5 Å². The van der Waals surface area contributed by atoms with Crippen LogP contribution in [-0.2, 0) is 0 Å². The van der Waals surface area contributed by atoms with E-state index in [-0.39, 0.29) is 11.6 Å². The number of aromatic nitrogens is 2. The fourth-order valence-electron chi connectivity index (χ4n) is 1.95. The van der Waals surface area contributed by atoms with E-state index in [9.17, 15) is 10.1 Å². The van der Waals surface area contributed by atoms with E-state index in [4.69, 9.17) is 4.52 Å². The van der Waals surface area contributed by atoms with Crippen molar-refractivity contribution in [2.75, 3.05) is 11.9 Å². The van der Waals surface area contributed by atoms with Gasteiger partial charge in [-0.2, -0.15) is 4.98 Å². The molecule has 0 spiro atoms. The second-order valence-corrected chi connectivity index (χ2v) is 5.38. The van der Waals surface area contributed by atoms with E-state index in [1.807, 2.05) is 13.8 Å². The van der Waals surface area contributed by atoms with Gasteiger partial charge in [-0.25, -0.2) is 0 Å². The Morgan fingerprint density at radius 2 is 2.18 bits per heavy atom. The molecule has 0 aliphatic heterocycles. The Kier molecular flexibility index (Phi) is 5.08. The van der Waals surface area contributed by atoms with Crippen LogP contribution in [0.1, 0.15) is 45.4 Å². The van der Waals surface area contributed by atoms with E-state index in [0.29, 0.717) is 29.5 Å². The molecule has 1 heterocycles. The van der Waals surface area contributed by atoms with Gasteiger partial charge in [-0.15, -0.1) is 0 Å². The number of hydrogen-bond acceptors (Lipinski definition) is 6. The molecule has 22 heavy (non-hydrogen) atoms. The quantitative estimate of drug-likeness (QED) is 0.472. The van der Waals surface area contributed by atoms with Crippen LogP contribution in [0.25, 0.3) is 11.5 Å². The Bertz CT molecular complexity index is 652. The molecule has 118 valence electrons. The van der Waals surface area contributed by atoms with E-state index < -0.39 is 4.92 Å². The maximum Gasteiger partial charge on any atom is 0.293 e. The molecular formula is C15H20N4O3. The third kappa shape index (κ3) is 3.60. The maximum atomic E-state index is 11.3. The number of unbranched alkanes of at least 4 members (excludes halogenated alkanes) is 1. The Morgan fingerprint density at radius 3 is 2.77 bits per heavy atom. The van der Waals surface area contributed by atoms with Crippen molar-refractivity contribution in [3.05, 3.63) is 34.1 Å². The highest BCUT2D eigenvalue weighted by atomic mass is 16.6.